The van der Waals surface area contributed by atoms with Gasteiger partial charge in [-0.05, 0) is 24.1 Å². The third-order valence-electron chi connectivity index (χ3n) is 2.37. The molecule has 3 heteroatoms. The second-order valence-corrected chi connectivity index (χ2v) is 3.39. The molecule has 1 N–H and O–H groups in total. The quantitative estimate of drug-likeness (QED) is 0.804. The van der Waals surface area contributed by atoms with E-state index in [4.69, 9.17) is 0 Å². The Balaban J connectivity index is 2.37. The molecule has 3 nitrogen and oxygen atoms in total. The zero-order valence-corrected chi connectivity index (χ0v) is 8.46. The molecule has 0 saturated carbocycles. The Morgan fingerprint density at radius 3 is 2.67 bits per heavy atom. The first-order valence-corrected chi connectivity index (χ1v) is 4.78. The molecule has 1 aromatic carbocycles. The SMILES string of the molecule is Cc1ccccc1C(O)c1ccncn1. The summed E-state index contributed by atoms with van der Waals surface area (Å²) < 4.78 is 0. The highest BCUT2D eigenvalue weighted by atomic mass is 16.3. The highest BCUT2D eigenvalue weighted by Gasteiger charge is 2.12. The van der Waals surface area contributed by atoms with Gasteiger partial charge in [0.2, 0.25) is 0 Å². The molecule has 0 aliphatic rings. The van der Waals surface area contributed by atoms with Crippen LogP contribution >= 0.6 is 0 Å². The minimum Gasteiger partial charge on any atom is -0.382 e. The molecule has 0 spiro atoms. The van der Waals surface area contributed by atoms with Gasteiger partial charge >= 0.3 is 0 Å². The van der Waals surface area contributed by atoms with E-state index in [0.29, 0.717) is 5.69 Å². The van der Waals surface area contributed by atoms with Crippen LogP contribution in [0.5, 0.6) is 0 Å². The van der Waals surface area contributed by atoms with E-state index in [-0.39, 0.29) is 0 Å². The maximum atomic E-state index is 10.1. The van der Waals surface area contributed by atoms with Gasteiger partial charge in [0.05, 0.1) is 5.69 Å². The van der Waals surface area contributed by atoms with Gasteiger partial charge in [0.1, 0.15) is 12.4 Å². The van der Waals surface area contributed by atoms with Crippen LogP contribution in [0.2, 0.25) is 0 Å². The van der Waals surface area contributed by atoms with Crippen molar-refractivity contribution in [1.29, 1.82) is 0 Å². The number of hydrogen-bond acceptors (Lipinski definition) is 3. The number of aryl methyl sites for hydroxylation is 1. The Bertz CT molecular complexity index is 442. The van der Waals surface area contributed by atoms with Crippen LogP contribution in [0.1, 0.15) is 22.9 Å². The van der Waals surface area contributed by atoms with E-state index in [2.05, 4.69) is 9.97 Å². The molecule has 0 amide bonds. The van der Waals surface area contributed by atoms with Crippen LogP contribution in [0.15, 0.2) is 42.9 Å². The molecule has 0 fully saturated rings. The minimum absolute atomic E-state index is 0.624. The van der Waals surface area contributed by atoms with Gasteiger partial charge in [-0.2, -0.15) is 0 Å². The van der Waals surface area contributed by atoms with E-state index in [9.17, 15) is 5.11 Å². The molecule has 0 aliphatic carbocycles. The summed E-state index contributed by atoms with van der Waals surface area (Å²) in [7, 11) is 0. The van der Waals surface area contributed by atoms with Crippen molar-refractivity contribution in [3.8, 4) is 0 Å². The van der Waals surface area contributed by atoms with Gasteiger partial charge < -0.3 is 5.11 Å². The highest BCUT2D eigenvalue weighted by molar-refractivity contribution is 5.32. The van der Waals surface area contributed by atoms with Crippen LogP contribution in [-0.4, -0.2) is 15.1 Å². The summed E-state index contributed by atoms with van der Waals surface area (Å²) >= 11 is 0. The standard InChI is InChI=1S/C12H12N2O/c1-9-4-2-3-5-10(9)12(15)11-6-7-13-8-14-11/h2-8,12,15H,1H3. The van der Waals surface area contributed by atoms with Crippen LogP contribution < -0.4 is 0 Å². The predicted molar refractivity (Wildman–Crippen MR) is 57.3 cm³/mol. The third-order valence-corrected chi connectivity index (χ3v) is 2.37. The largest absolute Gasteiger partial charge is 0.382 e. The maximum Gasteiger partial charge on any atom is 0.121 e. The Labute approximate surface area is 88.5 Å². The van der Waals surface area contributed by atoms with Crippen molar-refractivity contribution >= 4 is 0 Å². The zero-order chi connectivity index (χ0) is 10.7. The molecule has 0 aliphatic heterocycles. The van der Waals surface area contributed by atoms with Crippen LogP contribution in [0.25, 0.3) is 0 Å². The molecule has 1 heterocycles. The number of benzene rings is 1. The predicted octanol–water partition coefficient (Wildman–Crippen LogP) is 1.87. The fraction of sp³-hybridized carbons (Fsp3) is 0.167. The van der Waals surface area contributed by atoms with E-state index in [0.717, 1.165) is 11.1 Å². The second kappa shape index (κ2) is 4.19. The zero-order valence-electron chi connectivity index (χ0n) is 8.46. The average molecular weight is 200 g/mol. The van der Waals surface area contributed by atoms with Crippen molar-refractivity contribution in [2.75, 3.05) is 0 Å². The maximum absolute atomic E-state index is 10.1. The topological polar surface area (TPSA) is 46.0 Å². The lowest BCUT2D eigenvalue weighted by Gasteiger charge is -2.12. The molecule has 0 saturated heterocycles. The van der Waals surface area contributed by atoms with Gasteiger partial charge in [0.25, 0.3) is 0 Å². The smallest absolute Gasteiger partial charge is 0.121 e. The molecule has 15 heavy (non-hydrogen) atoms. The molecular formula is C12H12N2O. The van der Waals surface area contributed by atoms with E-state index in [1.807, 2.05) is 31.2 Å². The molecule has 1 unspecified atom stereocenters. The van der Waals surface area contributed by atoms with Gasteiger partial charge in [0.15, 0.2) is 0 Å². The monoisotopic (exact) mass is 200 g/mol. The fourth-order valence-corrected chi connectivity index (χ4v) is 1.52. The number of hydrogen-bond donors (Lipinski definition) is 1. The summed E-state index contributed by atoms with van der Waals surface area (Å²) in [6.07, 6.45) is 2.40. The van der Waals surface area contributed by atoms with Crippen molar-refractivity contribution in [2.24, 2.45) is 0 Å². The van der Waals surface area contributed by atoms with E-state index >= 15 is 0 Å². The molecule has 2 rings (SSSR count). The number of rotatable bonds is 2. The van der Waals surface area contributed by atoms with Crippen LogP contribution in [0, 0.1) is 6.92 Å². The van der Waals surface area contributed by atoms with Crippen LogP contribution in [0.4, 0.5) is 0 Å². The number of aliphatic hydroxyl groups excluding tert-OH is 1. The average Bonchev–Trinajstić information content (AvgIpc) is 2.30. The van der Waals surface area contributed by atoms with Crippen molar-refractivity contribution < 1.29 is 5.11 Å². The molecule has 0 radical (unpaired) electrons. The summed E-state index contributed by atoms with van der Waals surface area (Å²) in [4.78, 5) is 7.86. The molecule has 76 valence electrons. The van der Waals surface area contributed by atoms with E-state index < -0.39 is 6.10 Å². The van der Waals surface area contributed by atoms with Crippen molar-refractivity contribution in [2.45, 2.75) is 13.0 Å². The molecule has 1 aromatic heterocycles. The molecule has 1 atom stereocenters. The molecule has 2 aromatic rings. The van der Waals surface area contributed by atoms with Crippen molar-refractivity contribution in [1.82, 2.24) is 9.97 Å². The van der Waals surface area contributed by atoms with E-state index in [1.165, 1.54) is 6.33 Å². The first-order chi connectivity index (χ1) is 7.29. The second-order valence-electron chi connectivity index (χ2n) is 3.39. The lowest BCUT2D eigenvalue weighted by Crippen LogP contribution is -2.03. The van der Waals surface area contributed by atoms with Gasteiger partial charge in [-0.1, -0.05) is 24.3 Å². The Morgan fingerprint density at radius 2 is 2.00 bits per heavy atom. The molecule has 0 bridgehead atoms. The summed E-state index contributed by atoms with van der Waals surface area (Å²) in [6, 6.07) is 9.46. The summed E-state index contributed by atoms with van der Waals surface area (Å²) in [5.41, 5.74) is 2.57. The van der Waals surface area contributed by atoms with Crippen LogP contribution in [0.3, 0.4) is 0 Å². The van der Waals surface area contributed by atoms with Crippen molar-refractivity contribution in [3.05, 3.63) is 59.7 Å². The first kappa shape index (κ1) is 9.80. The fourth-order valence-electron chi connectivity index (χ4n) is 1.52. The Hall–Kier alpha value is -1.74. The highest BCUT2D eigenvalue weighted by Crippen LogP contribution is 2.22. The van der Waals surface area contributed by atoms with Crippen LogP contribution in [-0.2, 0) is 0 Å². The van der Waals surface area contributed by atoms with E-state index in [1.54, 1.807) is 12.3 Å². The minimum atomic E-state index is -0.672. The number of nitrogens with zero attached hydrogens (tertiary/aromatic N) is 2. The first-order valence-electron chi connectivity index (χ1n) is 4.78. The van der Waals surface area contributed by atoms with Gasteiger partial charge in [-0.25, -0.2) is 9.97 Å². The normalized spacial score (nSPS) is 12.4. The van der Waals surface area contributed by atoms with Gasteiger partial charge in [-0.3, -0.25) is 0 Å². The number of aromatic nitrogens is 2. The van der Waals surface area contributed by atoms with Gasteiger partial charge in [0, 0.05) is 6.20 Å². The molecular weight excluding hydrogens is 188 g/mol. The third kappa shape index (κ3) is 2.02. The summed E-state index contributed by atoms with van der Waals surface area (Å²) in [6.45, 7) is 1.97. The van der Waals surface area contributed by atoms with Crippen molar-refractivity contribution in [3.63, 3.8) is 0 Å². The Kier molecular flexibility index (Phi) is 2.74. The summed E-state index contributed by atoms with van der Waals surface area (Å²) in [5.74, 6) is 0. The van der Waals surface area contributed by atoms with Gasteiger partial charge in [-0.15, -0.1) is 0 Å². The summed E-state index contributed by atoms with van der Waals surface area (Å²) in [5, 5.41) is 10.1. The Morgan fingerprint density at radius 1 is 1.20 bits per heavy atom. The number of aliphatic hydroxyl groups is 1. The lowest BCUT2D eigenvalue weighted by atomic mass is 10.0. The lowest BCUT2D eigenvalue weighted by molar-refractivity contribution is 0.214.